The molecule has 0 radical (unpaired) electrons. The molecule has 0 spiro atoms. The van der Waals surface area contributed by atoms with Gasteiger partial charge in [-0.1, -0.05) is 56.8 Å². The first-order valence-corrected chi connectivity index (χ1v) is 7.50. The van der Waals surface area contributed by atoms with E-state index < -0.39 is 0 Å². The van der Waals surface area contributed by atoms with Crippen molar-refractivity contribution in [1.29, 1.82) is 0 Å². The van der Waals surface area contributed by atoms with E-state index in [2.05, 4.69) is 44.1 Å². The van der Waals surface area contributed by atoms with Gasteiger partial charge in [-0.05, 0) is 24.6 Å². The third kappa shape index (κ3) is 4.98. The van der Waals surface area contributed by atoms with Crippen LogP contribution in [-0.4, -0.2) is 17.3 Å². The Morgan fingerprint density at radius 3 is 2.88 bits per heavy atom. The fourth-order valence-electron chi connectivity index (χ4n) is 1.39. The van der Waals surface area contributed by atoms with Crippen LogP contribution in [0.4, 0.5) is 0 Å². The van der Waals surface area contributed by atoms with Crippen molar-refractivity contribution in [3.8, 4) is 0 Å². The third-order valence-corrected chi connectivity index (χ3v) is 3.86. The maximum Gasteiger partial charge on any atom is 0.252 e. The fraction of sp³-hybridized carbons (Fsp3) is 0.417. The van der Waals surface area contributed by atoms with Gasteiger partial charge in [0.25, 0.3) is 5.91 Å². The molecular formula is C12H14Br2ClNO. The second-order valence-corrected chi connectivity index (χ2v) is 6.34. The number of carbonyl (C=O) groups excluding carboxylic acids is 1. The number of hydrogen-bond donors (Lipinski definition) is 1. The van der Waals surface area contributed by atoms with Crippen molar-refractivity contribution in [3.05, 3.63) is 33.3 Å². The first kappa shape index (κ1) is 15.0. The minimum Gasteiger partial charge on any atom is -0.351 e. The molecule has 0 aliphatic carbocycles. The molecule has 2 nitrogen and oxygen atoms in total. The summed E-state index contributed by atoms with van der Waals surface area (Å²) in [7, 11) is 0. The van der Waals surface area contributed by atoms with Gasteiger partial charge in [-0.2, -0.15) is 0 Å². The number of benzene rings is 1. The van der Waals surface area contributed by atoms with Crippen LogP contribution in [-0.2, 0) is 0 Å². The Hall–Kier alpha value is -0.0600. The molecule has 0 aliphatic rings. The normalized spacial score (nSPS) is 12.2. The molecule has 1 rings (SSSR count). The molecule has 1 aromatic carbocycles. The number of rotatable bonds is 5. The highest BCUT2D eigenvalue weighted by molar-refractivity contribution is 9.10. The van der Waals surface area contributed by atoms with Crippen molar-refractivity contribution < 1.29 is 4.79 Å². The largest absolute Gasteiger partial charge is 0.351 e. The van der Waals surface area contributed by atoms with E-state index in [4.69, 9.17) is 11.6 Å². The van der Waals surface area contributed by atoms with Crippen LogP contribution < -0.4 is 5.32 Å². The summed E-state index contributed by atoms with van der Waals surface area (Å²) in [6, 6.07) is 5.24. The topological polar surface area (TPSA) is 29.1 Å². The predicted molar refractivity (Wildman–Crippen MR) is 79.1 cm³/mol. The zero-order valence-electron chi connectivity index (χ0n) is 9.47. The Balaban J connectivity index is 2.61. The van der Waals surface area contributed by atoms with E-state index in [1.54, 1.807) is 12.1 Å². The number of carbonyl (C=O) groups is 1. The molecule has 1 amide bonds. The molecule has 94 valence electrons. The first-order chi connectivity index (χ1) is 8.04. The highest BCUT2D eigenvalue weighted by Gasteiger charge is 2.12. The first-order valence-electron chi connectivity index (χ1n) is 5.42. The molecule has 0 saturated heterocycles. The zero-order chi connectivity index (χ0) is 12.8. The van der Waals surface area contributed by atoms with Crippen LogP contribution in [0.1, 0.15) is 30.1 Å². The molecule has 1 atom stereocenters. The smallest absolute Gasteiger partial charge is 0.252 e. The molecule has 1 aromatic rings. The van der Waals surface area contributed by atoms with E-state index in [1.165, 1.54) is 0 Å². The average Bonchev–Trinajstić information content (AvgIpc) is 2.29. The Bertz CT molecular complexity index is 398. The fourth-order valence-corrected chi connectivity index (χ4v) is 2.57. The quantitative estimate of drug-likeness (QED) is 0.751. The summed E-state index contributed by atoms with van der Waals surface area (Å²) >= 11 is 12.8. The Labute approximate surface area is 123 Å². The van der Waals surface area contributed by atoms with Crippen molar-refractivity contribution in [3.63, 3.8) is 0 Å². The van der Waals surface area contributed by atoms with Crippen LogP contribution >= 0.6 is 43.5 Å². The molecule has 0 aliphatic heterocycles. The van der Waals surface area contributed by atoms with Gasteiger partial charge in [0.15, 0.2) is 0 Å². The second kappa shape index (κ2) is 7.39. The van der Waals surface area contributed by atoms with Gasteiger partial charge in [0.05, 0.1) is 10.6 Å². The van der Waals surface area contributed by atoms with E-state index in [-0.39, 0.29) is 5.91 Å². The maximum absolute atomic E-state index is 11.9. The Kier molecular flexibility index (Phi) is 6.52. The summed E-state index contributed by atoms with van der Waals surface area (Å²) in [5.74, 6) is -0.142. The number of hydrogen-bond acceptors (Lipinski definition) is 1. The maximum atomic E-state index is 11.9. The standard InChI is InChI=1S/C12H14Br2ClNO/c1-2-3-9(14)7-16-12(17)10-6-8(13)4-5-11(10)15/h4-6,9H,2-3,7H2,1H3,(H,16,17). The van der Waals surface area contributed by atoms with E-state index in [0.717, 1.165) is 17.3 Å². The van der Waals surface area contributed by atoms with Crippen molar-refractivity contribution in [2.24, 2.45) is 0 Å². The van der Waals surface area contributed by atoms with Gasteiger partial charge in [0.2, 0.25) is 0 Å². The monoisotopic (exact) mass is 381 g/mol. The van der Waals surface area contributed by atoms with Crippen molar-refractivity contribution in [2.45, 2.75) is 24.6 Å². The van der Waals surface area contributed by atoms with Crippen molar-refractivity contribution >= 4 is 49.4 Å². The highest BCUT2D eigenvalue weighted by atomic mass is 79.9. The number of halogens is 3. The van der Waals surface area contributed by atoms with Crippen LogP contribution in [0, 0.1) is 0 Å². The predicted octanol–water partition coefficient (Wildman–Crippen LogP) is 4.40. The minimum atomic E-state index is -0.142. The van der Waals surface area contributed by atoms with Crippen molar-refractivity contribution in [1.82, 2.24) is 5.32 Å². The van der Waals surface area contributed by atoms with E-state index in [0.29, 0.717) is 22.0 Å². The molecule has 1 unspecified atom stereocenters. The summed E-state index contributed by atoms with van der Waals surface area (Å²) in [6.07, 6.45) is 2.12. The van der Waals surface area contributed by atoms with Gasteiger partial charge in [-0.3, -0.25) is 4.79 Å². The molecule has 0 bridgehead atoms. The lowest BCUT2D eigenvalue weighted by atomic mass is 10.2. The van der Waals surface area contributed by atoms with Crippen LogP contribution in [0.5, 0.6) is 0 Å². The van der Waals surface area contributed by atoms with Gasteiger partial charge in [0, 0.05) is 15.8 Å². The SMILES string of the molecule is CCCC(Br)CNC(=O)c1cc(Br)ccc1Cl. The minimum absolute atomic E-state index is 0.142. The van der Waals surface area contributed by atoms with Crippen LogP contribution in [0.3, 0.4) is 0 Å². The van der Waals surface area contributed by atoms with Gasteiger partial charge < -0.3 is 5.32 Å². The zero-order valence-corrected chi connectivity index (χ0v) is 13.4. The van der Waals surface area contributed by atoms with E-state index in [1.807, 2.05) is 6.07 Å². The summed E-state index contributed by atoms with van der Waals surface area (Å²) in [4.78, 5) is 12.2. The summed E-state index contributed by atoms with van der Waals surface area (Å²) < 4.78 is 0.844. The van der Waals surface area contributed by atoms with Crippen LogP contribution in [0.2, 0.25) is 5.02 Å². The number of amides is 1. The molecule has 1 N–H and O–H groups in total. The third-order valence-electron chi connectivity index (χ3n) is 2.26. The number of alkyl halides is 1. The lowest BCUT2D eigenvalue weighted by Crippen LogP contribution is -2.29. The molecule has 5 heteroatoms. The Morgan fingerprint density at radius 2 is 2.24 bits per heavy atom. The van der Waals surface area contributed by atoms with E-state index >= 15 is 0 Å². The van der Waals surface area contributed by atoms with E-state index in [9.17, 15) is 4.79 Å². The van der Waals surface area contributed by atoms with Gasteiger partial charge in [-0.15, -0.1) is 0 Å². The molecule has 0 fully saturated rings. The molecule has 0 aromatic heterocycles. The molecule has 0 heterocycles. The summed E-state index contributed by atoms with van der Waals surface area (Å²) in [5.41, 5.74) is 0.497. The average molecular weight is 384 g/mol. The summed E-state index contributed by atoms with van der Waals surface area (Å²) in [6.45, 7) is 2.72. The summed E-state index contributed by atoms with van der Waals surface area (Å²) in [5, 5.41) is 3.33. The van der Waals surface area contributed by atoms with Gasteiger partial charge >= 0.3 is 0 Å². The number of nitrogens with one attached hydrogen (secondary N) is 1. The lowest BCUT2D eigenvalue weighted by Gasteiger charge is -2.11. The van der Waals surface area contributed by atoms with Crippen LogP contribution in [0.15, 0.2) is 22.7 Å². The highest BCUT2D eigenvalue weighted by Crippen LogP contribution is 2.21. The van der Waals surface area contributed by atoms with Crippen LogP contribution in [0.25, 0.3) is 0 Å². The molecule has 17 heavy (non-hydrogen) atoms. The molecule has 0 saturated carbocycles. The second-order valence-electron chi connectivity index (χ2n) is 3.72. The van der Waals surface area contributed by atoms with Gasteiger partial charge in [0.1, 0.15) is 0 Å². The Morgan fingerprint density at radius 1 is 1.53 bits per heavy atom. The lowest BCUT2D eigenvalue weighted by molar-refractivity contribution is 0.0954. The molecular weight excluding hydrogens is 369 g/mol. The van der Waals surface area contributed by atoms with Gasteiger partial charge in [-0.25, -0.2) is 0 Å². The van der Waals surface area contributed by atoms with Crippen molar-refractivity contribution in [2.75, 3.05) is 6.54 Å².